The molecule has 2 heterocycles. The van der Waals surface area contributed by atoms with Gasteiger partial charge in [-0.2, -0.15) is 23.5 Å². The molecule has 9 nitrogen and oxygen atoms in total. The van der Waals surface area contributed by atoms with Gasteiger partial charge in [0.15, 0.2) is 11.3 Å². The highest BCUT2D eigenvalue weighted by molar-refractivity contribution is 5.96. The van der Waals surface area contributed by atoms with Crippen LogP contribution in [0.1, 0.15) is 25.1 Å². The van der Waals surface area contributed by atoms with E-state index in [2.05, 4.69) is 20.7 Å². The van der Waals surface area contributed by atoms with Crippen molar-refractivity contribution in [2.75, 3.05) is 10.6 Å². The number of alkyl halides is 3. The van der Waals surface area contributed by atoms with Gasteiger partial charge in [-0.3, -0.25) is 14.3 Å². The van der Waals surface area contributed by atoms with E-state index in [4.69, 9.17) is 5.26 Å². The second-order valence-electron chi connectivity index (χ2n) is 6.07. The fourth-order valence-corrected chi connectivity index (χ4v) is 2.21. The van der Waals surface area contributed by atoms with Crippen molar-refractivity contribution in [3.8, 4) is 6.07 Å². The second-order valence-corrected chi connectivity index (χ2v) is 6.07. The molecule has 0 aliphatic carbocycles. The fourth-order valence-electron chi connectivity index (χ4n) is 2.21. The third-order valence-electron chi connectivity index (χ3n) is 3.47. The number of carbonyl (C=O) groups excluding carboxylic acids is 2. The van der Waals surface area contributed by atoms with E-state index in [-0.39, 0.29) is 18.1 Å². The summed E-state index contributed by atoms with van der Waals surface area (Å²) in [7, 11) is 0. The van der Waals surface area contributed by atoms with E-state index >= 15 is 0 Å². The zero-order valence-corrected chi connectivity index (χ0v) is 14.7. The van der Waals surface area contributed by atoms with Gasteiger partial charge < -0.3 is 15.7 Å². The van der Waals surface area contributed by atoms with Crippen molar-refractivity contribution < 1.29 is 27.9 Å². The molecule has 2 amide bonds. The number of hydrogen-bond acceptors (Lipinski definition) is 6. The average molecular weight is 396 g/mol. The van der Waals surface area contributed by atoms with Gasteiger partial charge in [0.1, 0.15) is 6.07 Å². The molecule has 28 heavy (non-hydrogen) atoms. The first-order valence-electron chi connectivity index (χ1n) is 7.73. The summed E-state index contributed by atoms with van der Waals surface area (Å²) in [5.74, 6) is -1.35. The van der Waals surface area contributed by atoms with Crippen molar-refractivity contribution >= 4 is 23.2 Å². The molecule has 1 atom stereocenters. The summed E-state index contributed by atoms with van der Waals surface area (Å²) >= 11 is 0. The Morgan fingerprint density at radius 3 is 2.54 bits per heavy atom. The first-order chi connectivity index (χ1) is 12.9. The zero-order chi connectivity index (χ0) is 21.1. The molecule has 2 aromatic rings. The average Bonchev–Trinajstić information content (AvgIpc) is 2.99. The maximum absolute atomic E-state index is 13.0. The lowest BCUT2D eigenvalue weighted by Crippen LogP contribution is -2.43. The molecule has 2 rings (SSSR count). The van der Waals surface area contributed by atoms with Gasteiger partial charge in [0.25, 0.3) is 5.91 Å². The van der Waals surface area contributed by atoms with Crippen LogP contribution < -0.4 is 10.6 Å². The standard InChI is InChI=1S/C16H15F3N6O3/c1-9(26)23-11-6-22-25(7-11)8-15(2,28)14(27)24-10-3-12(16(17,18)19)13(4-20)21-5-10/h3,5-7,28H,8H2,1-2H3,(H,23,26)(H,24,27)/t15-/m0/s1. The highest BCUT2D eigenvalue weighted by atomic mass is 19.4. The Hall–Kier alpha value is -3.46. The quantitative estimate of drug-likeness (QED) is 0.702. The highest BCUT2D eigenvalue weighted by Crippen LogP contribution is 2.32. The third-order valence-corrected chi connectivity index (χ3v) is 3.47. The van der Waals surface area contributed by atoms with E-state index in [0.29, 0.717) is 11.8 Å². The van der Waals surface area contributed by atoms with E-state index < -0.39 is 28.9 Å². The monoisotopic (exact) mass is 396 g/mol. The molecule has 0 radical (unpaired) electrons. The van der Waals surface area contributed by atoms with E-state index in [1.807, 2.05) is 0 Å². The first kappa shape index (κ1) is 20.8. The minimum absolute atomic E-state index is 0.335. The molecule has 0 fully saturated rings. The predicted molar refractivity (Wildman–Crippen MR) is 89.7 cm³/mol. The number of amides is 2. The molecular formula is C16H15F3N6O3. The summed E-state index contributed by atoms with van der Waals surface area (Å²) in [4.78, 5) is 26.7. The number of halogens is 3. The lowest BCUT2D eigenvalue weighted by molar-refractivity contribution is -0.138. The lowest BCUT2D eigenvalue weighted by Gasteiger charge is -2.22. The largest absolute Gasteiger partial charge is 0.419 e. The Bertz CT molecular complexity index is 946. The van der Waals surface area contributed by atoms with Crippen LogP contribution in [0, 0.1) is 11.3 Å². The molecule has 0 saturated carbocycles. The van der Waals surface area contributed by atoms with Crippen molar-refractivity contribution in [2.45, 2.75) is 32.2 Å². The van der Waals surface area contributed by atoms with Crippen molar-refractivity contribution in [3.63, 3.8) is 0 Å². The van der Waals surface area contributed by atoms with Gasteiger partial charge >= 0.3 is 6.18 Å². The van der Waals surface area contributed by atoms with E-state index in [9.17, 15) is 27.9 Å². The Morgan fingerprint density at radius 2 is 1.96 bits per heavy atom. The van der Waals surface area contributed by atoms with Gasteiger partial charge in [-0.25, -0.2) is 4.98 Å². The number of aliphatic hydroxyl groups is 1. The molecule has 0 aliphatic heterocycles. The van der Waals surface area contributed by atoms with Crippen molar-refractivity contribution in [3.05, 3.63) is 35.9 Å². The minimum atomic E-state index is -4.84. The van der Waals surface area contributed by atoms with E-state index in [0.717, 1.165) is 13.1 Å². The van der Waals surface area contributed by atoms with Crippen molar-refractivity contribution in [2.24, 2.45) is 0 Å². The summed E-state index contributed by atoms with van der Waals surface area (Å²) in [5.41, 5.74) is -4.18. The second kappa shape index (κ2) is 7.65. The lowest BCUT2D eigenvalue weighted by atomic mass is 10.1. The number of pyridine rings is 1. The number of aromatic nitrogens is 3. The summed E-state index contributed by atoms with van der Waals surface area (Å²) in [6, 6.07) is 1.88. The number of rotatable bonds is 5. The number of hydrogen-bond donors (Lipinski definition) is 3. The molecule has 2 aromatic heterocycles. The van der Waals surface area contributed by atoms with Gasteiger partial charge in [-0.1, -0.05) is 0 Å². The maximum Gasteiger partial charge on any atom is 0.419 e. The summed E-state index contributed by atoms with van der Waals surface area (Å²) in [6.07, 6.45) is -1.29. The van der Waals surface area contributed by atoms with Crippen LogP contribution in [-0.4, -0.2) is 37.3 Å². The SMILES string of the molecule is CC(=O)Nc1cnn(C[C@](C)(O)C(=O)Nc2cnc(C#N)c(C(F)(F)F)c2)c1. The zero-order valence-electron chi connectivity index (χ0n) is 14.7. The van der Waals surface area contributed by atoms with Gasteiger partial charge in [-0.15, -0.1) is 0 Å². The number of nitrogens with zero attached hydrogens (tertiary/aromatic N) is 4. The van der Waals surface area contributed by atoms with Crippen LogP contribution in [0.15, 0.2) is 24.7 Å². The van der Waals surface area contributed by atoms with Crippen molar-refractivity contribution in [1.82, 2.24) is 14.8 Å². The number of nitrogens with one attached hydrogen (secondary N) is 2. The molecule has 0 saturated heterocycles. The maximum atomic E-state index is 13.0. The van der Waals surface area contributed by atoms with Gasteiger partial charge in [0.2, 0.25) is 5.91 Å². The van der Waals surface area contributed by atoms with Gasteiger partial charge in [0.05, 0.1) is 35.9 Å². The minimum Gasteiger partial charge on any atom is -0.378 e. The molecular weight excluding hydrogens is 381 g/mol. The molecule has 0 unspecified atom stereocenters. The molecule has 0 spiro atoms. The van der Waals surface area contributed by atoms with E-state index in [1.165, 1.54) is 30.1 Å². The highest BCUT2D eigenvalue weighted by Gasteiger charge is 2.36. The normalized spacial score (nSPS) is 13.3. The number of carbonyl (C=O) groups is 2. The third kappa shape index (κ3) is 5.04. The molecule has 0 aliphatic rings. The topological polar surface area (TPSA) is 133 Å². The molecule has 0 aromatic carbocycles. The van der Waals surface area contributed by atoms with E-state index in [1.54, 1.807) is 0 Å². The van der Waals surface area contributed by atoms with Crippen LogP contribution in [0.5, 0.6) is 0 Å². The Morgan fingerprint density at radius 1 is 1.29 bits per heavy atom. The fraction of sp³-hybridized carbons (Fsp3) is 0.312. The van der Waals surface area contributed by atoms with Crippen LogP contribution in [0.3, 0.4) is 0 Å². The van der Waals surface area contributed by atoms with Crippen LogP contribution in [-0.2, 0) is 22.3 Å². The van der Waals surface area contributed by atoms with Crippen molar-refractivity contribution in [1.29, 1.82) is 5.26 Å². The molecule has 12 heteroatoms. The summed E-state index contributed by atoms with van der Waals surface area (Å²) < 4.78 is 40.1. The van der Waals surface area contributed by atoms with Crippen LogP contribution in [0.2, 0.25) is 0 Å². The smallest absolute Gasteiger partial charge is 0.378 e. The molecule has 0 bridgehead atoms. The Balaban J connectivity index is 2.16. The van der Waals surface area contributed by atoms with Crippen LogP contribution in [0.4, 0.5) is 24.5 Å². The Labute approximate surface area is 156 Å². The summed E-state index contributed by atoms with van der Waals surface area (Å²) in [6.45, 7) is 2.10. The Kier molecular flexibility index (Phi) is 5.70. The predicted octanol–water partition coefficient (Wildman–Crippen LogP) is 1.52. The van der Waals surface area contributed by atoms with Gasteiger partial charge in [0, 0.05) is 13.1 Å². The van der Waals surface area contributed by atoms with Gasteiger partial charge in [-0.05, 0) is 13.0 Å². The number of nitriles is 1. The molecule has 148 valence electrons. The molecule has 3 N–H and O–H groups in total. The van der Waals surface area contributed by atoms with Crippen LogP contribution in [0.25, 0.3) is 0 Å². The number of anilines is 2. The summed E-state index contributed by atoms with van der Waals surface area (Å²) in [5, 5.41) is 27.6. The first-order valence-corrected chi connectivity index (χ1v) is 7.73. The van der Waals surface area contributed by atoms with Crippen LogP contribution >= 0.6 is 0 Å².